The first-order valence-corrected chi connectivity index (χ1v) is 13.7. The van der Waals surface area contributed by atoms with Gasteiger partial charge in [-0.25, -0.2) is 26.2 Å². The van der Waals surface area contributed by atoms with E-state index in [1.807, 2.05) is 0 Å². The number of benzene rings is 3. The molecule has 0 unspecified atom stereocenters. The quantitative estimate of drug-likeness (QED) is 0.356. The normalized spacial score (nSPS) is 12.1. The number of sulfone groups is 2. The van der Waals surface area contributed by atoms with Crippen molar-refractivity contribution in [3.63, 3.8) is 0 Å². The van der Waals surface area contributed by atoms with Gasteiger partial charge in [-0.15, -0.1) is 11.3 Å². The smallest absolute Gasteiger partial charge is 0.224 e. The van der Waals surface area contributed by atoms with E-state index in [4.69, 9.17) is 11.6 Å². The molecule has 0 N–H and O–H groups in total. The minimum atomic E-state index is -3.93. The maximum atomic E-state index is 13.5. The number of halogens is 2. The molecule has 0 amide bonds. The van der Waals surface area contributed by atoms with E-state index in [2.05, 4.69) is 4.98 Å². The summed E-state index contributed by atoms with van der Waals surface area (Å²) in [5.74, 6) is -0.425. The lowest BCUT2D eigenvalue weighted by molar-refractivity contribution is 0.595. The monoisotopic (exact) mass is 507 g/mol. The second-order valence-corrected chi connectivity index (χ2v) is 12.5. The average molecular weight is 508 g/mol. The molecule has 1 heterocycles. The zero-order valence-electron chi connectivity index (χ0n) is 16.5. The molecule has 4 aromatic rings. The number of thiazole rings is 1. The standard InChI is InChI=1S/C22H15ClFNO4S3/c1-31(26,27)18-10-4-14(5-11-18)20-21(15-2-8-17(24)9-3-15)30-22(25-20)32(28,29)19-12-6-16(23)7-13-19/h2-13H,1H3. The Kier molecular flexibility index (Phi) is 5.93. The minimum absolute atomic E-state index is 0.0419. The summed E-state index contributed by atoms with van der Waals surface area (Å²) >= 11 is 6.83. The lowest BCUT2D eigenvalue weighted by atomic mass is 10.1. The van der Waals surface area contributed by atoms with E-state index in [1.54, 1.807) is 12.1 Å². The van der Waals surface area contributed by atoms with E-state index in [0.717, 1.165) is 17.6 Å². The van der Waals surface area contributed by atoms with Gasteiger partial charge in [-0.3, -0.25) is 0 Å². The van der Waals surface area contributed by atoms with Gasteiger partial charge in [0.1, 0.15) is 5.82 Å². The van der Waals surface area contributed by atoms with Crippen molar-refractivity contribution in [1.82, 2.24) is 4.98 Å². The Labute approximate surface area is 194 Å². The van der Waals surface area contributed by atoms with Crippen LogP contribution in [0.15, 0.2) is 86.9 Å². The summed E-state index contributed by atoms with van der Waals surface area (Å²) in [4.78, 5) is 5.09. The molecule has 10 heteroatoms. The predicted molar refractivity (Wildman–Crippen MR) is 123 cm³/mol. The second kappa shape index (κ2) is 8.40. The molecule has 0 aliphatic carbocycles. The average Bonchev–Trinajstić information content (AvgIpc) is 3.20. The molecule has 0 spiro atoms. The van der Waals surface area contributed by atoms with Crippen LogP contribution in [-0.4, -0.2) is 28.1 Å². The summed E-state index contributed by atoms with van der Waals surface area (Å²) in [5.41, 5.74) is 1.48. The van der Waals surface area contributed by atoms with Crippen LogP contribution >= 0.6 is 22.9 Å². The van der Waals surface area contributed by atoms with E-state index in [9.17, 15) is 21.2 Å². The zero-order chi connectivity index (χ0) is 23.1. The molecule has 4 rings (SSSR count). The van der Waals surface area contributed by atoms with Gasteiger partial charge in [0.15, 0.2) is 9.84 Å². The Morgan fingerprint density at radius 3 is 1.88 bits per heavy atom. The third-order valence-corrected chi connectivity index (χ3v) is 9.26. The molecule has 0 aliphatic heterocycles. The highest BCUT2D eigenvalue weighted by molar-refractivity contribution is 7.93. The maximum absolute atomic E-state index is 13.5. The predicted octanol–water partition coefficient (Wildman–Crippen LogP) is 5.51. The fraction of sp³-hybridized carbons (Fsp3) is 0.0455. The number of aromatic nitrogens is 1. The van der Waals surface area contributed by atoms with Gasteiger partial charge in [-0.05, 0) is 54.1 Å². The molecule has 3 aromatic carbocycles. The Balaban J connectivity index is 1.89. The van der Waals surface area contributed by atoms with Crippen LogP contribution in [0.2, 0.25) is 5.02 Å². The van der Waals surface area contributed by atoms with Gasteiger partial charge in [0.25, 0.3) is 0 Å². The molecular weight excluding hydrogens is 493 g/mol. The SMILES string of the molecule is CS(=O)(=O)c1ccc(-c2nc(S(=O)(=O)c3ccc(Cl)cc3)sc2-c2ccc(F)cc2)cc1. The first-order chi connectivity index (χ1) is 15.1. The molecule has 0 aliphatic rings. The molecule has 5 nitrogen and oxygen atoms in total. The fourth-order valence-electron chi connectivity index (χ4n) is 2.98. The van der Waals surface area contributed by atoms with Crippen molar-refractivity contribution in [1.29, 1.82) is 0 Å². The summed E-state index contributed by atoms with van der Waals surface area (Å²) in [6.07, 6.45) is 1.10. The molecule has 0 fully saturated rings. The van der Waals surface area contributed by atoms with Crippen LogP contribution in [0.25, 0.3) is 21.7 Å². The summed E-state index contributed by atoms with van der Waals surface area (Å²) in [5, 5.41) is 0.404. The van der Waals surface area contributed by atoms with Gasteiger partial charge in [0.2, 0.25) is 14.2 Å². The first-order valence-electron chi connectivity index (χ1n) is 9.13. The summed E-state index contributed by atoms with van der Waals surface area (Å²) in [6, 6.07) is 17.4. The van der Waals surface area contributed by atoms with Gasteiger partial charge >= 0.3 is 0 Å². The van der Waals surface area contributed by atoms with Crippen LogP contribution in [0.5, 0.6) is 0 Å². The van der Waals surface area contributed by atoms with Gasteiger partial charge in [0.05, 0.1) is 20.4 Å². The highest BCUT2D eigenvalue weighted by Gasteiger charge is 2.26. The van der Waals surface area contributed by atoms with Crippen LogP contribution in [0.1, 0.15) is 0 Å². The van der Waals surface area contributed by atoms with Crippen molar-refractivity contribution in [2.24, 2.45) is 0 Å². The topological polar surface area (TPSA) is 81.2 Å². The summed E-state index contributed by atoms with van der Waals surface area (Å²) in [7, 11) is -7.33. The van der Waals surface area contributed by atoms with Crippen molar-refractivity contribution in [2.75, 3.05) is 6.26 Å². The summed E-state index contributed by atoms with van der Waals surface area (Å²) < 4.78 is 63.2. The van der Waals surface area contributed by atoms with Crippen molar-refractivity contribution in [3.8, 4) is 21.7 Å². The van der Waals surface area contributed by atoms with Crippen LogP contribution in [-0.2, 0) is 19.7 Å². The number of hydrogen-bond donors (Lipinski definition) is 0. The van der Waals surface area contributed by atoms with Crippen LogP contribution in [0, 0.1) is 5.82 Å². The van der Waals surface area contributed by atoms with E-state index in [-0.39, 0.29) is 14.1 Å². The molecule has 0 saturated heterocycles. The zero-order valence-corrected chi connectivity index (χ0v) is 19.7. The number of nitrogens with zero attached hydrogens (tertiary/aromatic N) is 1. The molecule has 1 aromatic heterocycles. The lowest BCUT2D eigenvalue weighted by Crippen LogP contribution is -2.01. The number of rotatable bonds is 5. The molecule has 32 heavy (non-hydrogen) atoms. The van der Waals surface area contributed by atoms with Crippen molar-refractivity contribution < 1.29 is 21.2 Å². The van der Waals surface area contributed by atoms with Crippen molar-refractivity contribution in [3.05, 3.63) is 83.6 Å². The summed E-state index contributed by atoms with van der Waals surface area (Å²) in [6.45, 7) is 0. The van der Waals surface area contributed by atoms with Crippen molar-refractivity contribution in [2.45, 2.75) is 14.1 Å². The molecule has 0 saturated carbocycles. The van der Waals surface area contributed by atoms with Gasteiger partial charge in [-0.2, -0.15) is 0 Å². The van der Waals surface area contributed by atoms with Crippen LogP contribution in [0.3, 0.4) is 0 Å². The molecular formula is C22H15ClFNO4S3. The molecule has 0 atom stereocenters. The van der Waals surface area contributed by atoms with E-state index >= 15 is 0 Å². The fourth-order valence-corrected chi connectivity index (χ4v) is 6.45. The van der Waals surface area contributed by atoms with E-state index in [1.165, 1.54) is 60.7 Å². The number of hydrogen-bond acceptors (Lipinski definition) is 6. The third-order valence-electron chi connectivity index (χ3n) is 4.62. The molecule has 0 radical (unpaired) electrons. The Hall–Kier alpha value is -2.59. The lowest BCUT2D eigenvalue weighted by Gasteiger charge is -2.04. The third kappa shape index (κ3) is 4.47. The highest BCUT2D eigenvalue weighted by Crippen LogP contribution is 2.40. The Morgan fingerprint density at radius 2 is 1.31 bits per heavy atom. The highest BCUT2D eigenvalue weighted by atomic mass is 35.5. The van der Waals surface area contributed by atoms with Crippen LogP contribution in [0.4, 0.5) is 4.39 Å². The first kappa shape index (κ1) is 22.6. The maximum Gasteiger partial charge on any atom is 0.233 e. The Bertz CT molecular complexity index is 1500. The molecule has 164 valence electrons. The Morgan fingerprint density at radius 1 is 0.781 bits per heavy atom. The minimum Gasteiger partial charge on any atom is -0.224 e. The molecule has 0 bridgehead atoms. The van der Waals surface area contributed by atoms with Gasteiger partial charge in [0, 0.05) is 16.8 Å². The van der Waals surface area contributed by atoms with Crippen molar-refractivity contribution >= 4 is 42.6 Å². The van der Waals surface area contributed by atoms with E-state index < -0.39 is 25.5 Å². The van der Waals surface area contributed by atoms with Gasteiger partial charge < -0.3 is 0 Å². The largest absolute Gasteiger partial charge is 0.233 e. The second-order valence-electron chi connectivity index (χ2n) is 6.92. The van der Waals surface area contributed by atoms with Gasteiger partial charge in [-0.1, -0.05) is 35.9 Å². The van der Waals surface area contributed by atoms with E-state index in [0.29, 0.717) is 26.7 Å². The van der Waals surface area contributed by atoms with Crippen LogP contribution < -0.4 is 0 Å².